The minimum absolute atomic E-state index is 0.108. The molecule has 0 bridgehead atoms. The van der Waals surface area contributed by atoms with Crippen LogP contribution < -0.4 is 15.5 Å². The molecule has 0 spiro atoms. The van der Waals surface area contributed by atoms with Crippen LogP contribution in [0.25, 0.3) is 5.69 Å². The van der Waals surface area contributed by atoms with Crippen molar-refractivity contribution in [1.82, 2.24) is 14.9 Å². The van der Waals surface area contributed by atoms with Crippen molar-refractivity contribution in [3.05, 3.63) is 106 Å². The zero-order valence-corrected chi connectivity index (χ0v) is 22.7. The van der Waals surface area contributed by atoms with Crippen molar-refractivity contribution < 1.29 is 4.79 Å². The smallest absolute Gasteiger partial charge is 0.221 e. The van der Waals surface area contributed by atoms with Crippen molar-refractivity contribution in [1.29, 1.82) is 0 Å². The van der Waals surface area contributed by atoms with Crippen molar-refractivity contribution >= 4 is 46.2 Å². The van der Waals surface area contributed by atoms with Crippen molar-refractivity contribution in [2.24, 2.45) is 0 Å². The van der Waals surface area contributed by atoms with Crippen LogP contribution in [0.4, 0.5) is 11.4 Å². The maximum atomic E-state index is 11.5. The van der Waals surface area contributed by atoms with Crippen molar-refractivity contribution in [3.63, 3.8) is 0 Å². The summed E-state index contributed by atoms with van der Waals surface area (Å²) in [5.41, 5.74) is 8.25. The Kier molecular flexibility index (Phi) is 6.75. The average Bonchev–Trinajstić information content (AvgIpc) is 3.32. The van der Waals surface area contributed by atoms with Crippen LogP contribution in [0, 0.1) is 20.8 Å². The fourth-order valence-corrected chi connectivity index (χ4v) is 5.81. The summed E-state index contributed by atoms with van der Waals surface area (Å²) in [6, 6.07) is 21.3. The predicted octanol–water partition coefficient (Wildman–Crippen LogP) is 6.59. The van der Waals surface area contributed by atoms with Gasteiger partial charge in [0.15, 0.2) is 5.11 Å². The first-order valence-electron chi connectivity index (χ1n) is 12.1. The quantitative estimate of drug-likeness (QED) is 0.286. The second-order valence-corrected chi connectivity index (χ2v) is 10.1. The average molecular weight is 530 g/mol. The van der Waals surface area contributed by atoms with Crippen LogP contribution in [0.2, 0.25) is 5.02 Å². The number of benzene rings is 2. The van der Waals surface area contributed by atoms with Crippen LogP contribution >= 0.6 is 23.8 Å². The number of rotatable bonds is 5. The molecule has 2 atom stereocenters. The first-order chi connectivity index (χ1) is 17.8. The van der Waals surface area contributed by atoms with Crippen LogP contribution in [-0.2, 0) is 4.79 Å². The molecular formula is C29H28ClN5OS. The SMILES string of the molecule is CC(=O)Nc1ccc(N2C(=S)N[C@H](c3ccccn3)[C@H]2c2c(C)c(C)n(-c3cccc(Cl)c3)c2C)cc1. The number of amides is 1. The highest BCUT2D eigenvalue weighted by atomic mass is 35.5. The number of nitrogens with one attached hydrogen (secondary N) is 2. The van der Waals surface area contributed by atoms with Gasteiger partial charge >= 0.3 is 0 Å². The van der Waals surface area contributed by atoms with Gasteiger partial charge in [-0.25, -0.2) is 0 Å². The van der Waals surface area contributed by atoms with Gasteiger partial charge in [-0.05, 0) is 93.1 Å². The molecule has 1 amide bonds. The highest BCUT2D eigenvalue weighted by molar-refractivity contribution is 7.80. The Hall–Kier alpha value is -3.68. The molecule has 0 aliphatic carbocycles. The highest BCUT2D eigenvalue weighted by Crippen LogP contribution is 2.45. The van der Waals surface area contributed by atoms with Gasteiger partial charge in [0.25, 0.3) is 0 Å². The molecule has 2 aromatic heterocycles. The third kappa shape index (κ3) is 4.61. The number of pyridine rings is 1. The summed E-state index contributed by atoms with van der Waals surface area (Å²) in [6.45, 7) is 7.94. The molecule has 8 heteroatoms. The highest BCUT2D eigenvalue weighted by Gasteiger charge is 2.43. The molecule has 5 rings (SSSR count). The van der Waals surface area contributed by atoms with Gasteiger partial charge in [0, 0.05) is 52.2 Å². The minimum Gasteiger partial charge on any atom is -0.351 e. The van der Waals surface area contributed by atoms with Crippen LogP contribution in [0.15, 0.2) is 72.9 Å². The molecular weight excluding hydrogens is 502 g/mol. The molecule has 1 saturated heterocycles. The lowest BCUT2D eigenvalue weighted by Gasteiger charge is -2.29. The van der Waals surface area contributed by atoms with Crippen LogP contribution in [-0.4, -0.2) is 20.6 Å². The Morgan fingerprint density at radius 1 is 1.00 bits per heavy atom. The Bertz CT molecular complexity index is 1480. The van der Waals surface area contributed by atoms with E-state index in [0.29, 0.717) is 10.1 Å². The maximum Gasteiger partial charge on any atom is 0.221 e. The van der Waals surface area contributed by atoms with E-state index in [-0.39, 0.29) is 18.0 Å². The normalized spacial score (nSPS) is 17.1. The second kappa shape index (κ2) is 10.00. The second-order valence-electron chi connectivity index (χ2n) is 9.25. The molecule has 37 heavy (non-hydrogen) atoms. The van der Waals surface area contributed by atoms with E-state index in [9.17, 15) is 4.79 Å². The van der Waals surface area contributed by atoms with Gasteiger partial charge in [0.2, 0.25) is 5.91 Å². The summed E-state index contributed by atoms with van der Waals surface area (Å²) < 4.78 is 2.26. The lowest BCUT2D eigenvalue weighted by Crippen LogP contribution is -2.29. The molecule has 0 radical (unpaired) electrons. The number of hydrogen-bond acceptors (Lipinski definition) is 3. The van der Waals surface area contributed by atoms with E-state index in [1.165, 1.54) is 18.1 Å². The zero-order valence-electron chi connectivity index (χ0n) is 21.1. The van der Waals surface area contributed by atoms with Gasteiger partial charge in [-0.15, -0.1) is 0 Å². The van der Waals surface area contributed by atoms with E-state index in [4.69, 9.17) is 23.8 Å². The van der Waals surface area contributed by atoms with Gasteiger partial charge in [-0.2, -0.15) is 0 Å². The summed E-state index contributed by atoms with van der Waals surface area (Å²) in [5, 5.41) is 7.69. The van der Waals surface area contributed by atoms with Crippen molar-refractivity contribution in [2.45, 2.75) is 39.8 Å². The lowest BCUT2D eigenvalue weighted by molar-refractivity contribution is -0.114. The molecule has 1 aliphatic rings. The molecule has 1 aliphatic heterocycles. The van der Waals surface area contributed by atoms with Crippen LogP contribution in [0.3, 0.4) is 0 Å². The molecule has 1 fully saturated rings. The van der Waals surface area contributed by atoms with E-state index in [1.807, 2.05) is 66.9 Å². The van der Waals surface area contributed by atoms with Gasteiger partial charge in [-0.3, -0.25) is 9.78 Å². The van der Waals surface area contributed by atoms with Gasteiger partial charge < -0.3 is 20.1 Å². The first kappa shape index (κ1) is 25.0. The Balaban J connectivity index is 1.68. The number of hydrogen-bond donors (Lipinski definition) is 2. The Morgan fingerprint density at radius 3 is 2.41 bits per heavy atom. The summed E-state index contributed by atoms with van der Waals surface area (Å²) in [6.07, 6.45) is 1.81. The zero-order chi connectivity index (χ0) is 26.3. The number of carbonyl (C=O) groups is 1. The summed E-state index contributed by atoms with van der Waals surface area (Å²) in [5.74, 6) is -0.108. The van der Waals surface area contributed by atoms with Crippen LogP contribution in [0.5, 0.6) is 0 Å². The lowest BCUT2D eigenvalue weighted by atomic mass is 9.93. The number of thiocarbonyl (C=S) groups is 1. The van der Waals surface area contributed by atoms with E-state index in [2.05, 4.69) is 51.9 Å². The number of aromatic nitrogens is 2. The Labute approximate surface area is 227 Å². The molecule has 2 N–H and O–H groups in total. The molecule has 0 saturated carbocycles. The van der Waals surface area contributed by atoms with E-state index < -0.39 is 0 Å². The minimum atomic E-state index is -0.157. The molecule has 0 unspecified atom stereocenters. The topological polar surface area (TPSA) is 62.2 Å². The molecule has 4 aromatic rings. The molecule has 188 valence electrons. The van der Waals surface area contributed by atoms with Crippen molar-refractivity contribution in [2.75, 3.05) is 10.2 Å². The number of halogens is 1. The van der Waals surface area contributed by atoms with E-state index >= 15 is 0 Å². The fourth-order valence-electron chi connectivity index (χ4n) is 5.28. The molecule has 6 nitrogen and oxygen atoms in total. The van der Waals surface area contributed by atoms with Crippen molar-refractivity contribution in [3.8, 4) is 5.69 Å². The third-order valence-corrected chi connectivity index (χ3v) is 7.48. The number of nitrogens with zero attached hydrogens (tertiary/aromatic N) is 3. The summed E-state index contributed by atoms with van der Waals surface area (Å²) in [4.78, 5) is 18.4. The van der Waals surface area contributed by atoms with E-state index in [1.54, 1.807) is 0 Å². The molecule has 3 heterocycles. The predicted molar refractivity (Wildman–Crippen MR) is 154 cm³/mol. The first-order valence-corrected chi connectivity index (χ1v) is 12.9. The number of carbonyl (C=O) groups excluding carboxylic acids is 1. The Morgan fingerprint density at radius 2 is 1.76 bits per heavy atom. The fraction of sp³-hybridized carbons (Fsp3) is 0.207. The standard InChI is InChI=1S/C29H28ClN5OS/c1-17-18(2)34(24-9-7-8-21(30)16-24)19(3)26(17)28-27(25-10-5-6-15-31-25)33-29(37)35(28)23-13-11-22(12-14-23)32-20(4)36/h5-16,27-28H,1-4H3,(H,32,36)(H,33,37)/t27-,28-/m1/s1. The van der Waals surface area contributed by atoms with Gasteiger partial charge in [0.1, 0.15) is 0 Å². The number of anilines is 2. The monoisotopic (exact) mass is 529 g/mol. The summed E-state index contributed by atoms with van der Waals surface area (Å²) >= 11 is 12.3. The molecule has 2 aromatic carbocycles. The van der Waals surface area contributed by atoms with Crippen LogP contribution in [0.1, 0.15) is 47.2 Å². The van der Waals surface area contributed by atoms with Gasteiger partial charge in [0.05, 0.1) is 17.8 Å². The maximum absolute atomic E-state index is 11.5. The van der Waals surface area contributed by atoms with Gasteiger partial charge in [-0.1, -0.05) is 23.7 Å². The third-order valence-electron chi connectivity index (χ3n) is 6.93. The summed E-state index contributed by atoms with van der Waals surface area (Å²) in [7, 11) is 0. The van der Waals surface area contributed by atoms with E-state index in [0.717, 1.165) is 34.1 Å². The largest absolute Gasteiger partial charge is 0.351 e.